The van der Waals surface area contributed by atoms with E-state index in [2.05, 4.69) is 0 Å². The molecule has 2 aliphatic carbocycles. The van der Waals surface area contributed by atoms with E-state index in [1.54, 1.807) is 0 Å². The van der Waals surface area contributed by atoms with Crippen molar-refractivity contribution < 1.29 is 19.1 Å². The van der Waals surface area contributed by atoms with Crippen LogP contribution in [0, 0.1) is 5.92 Å². The zero-order valence-corrected chi connectivity index (χ0v) is 9.69. The maximum absolute atomic E-state index is 11.6. The number of ether oxygens (including phenoxy) is 2. The summed E-state index contributed by atoms with van der Waals surface area (Å²) in [6.45, 7) is 0. The minimum absolute atomic E-state index is 0.250. The molecule has 0 N–H and O–H groups in total. The van der Waals surface area contributed by atoms with Crippen LogP contribution in [0.15, 0.2) is 12.2 Å². The topological polar surface area (TPSA) is 52.6 Å². The van der Waals surface area contributed by atoms with Crippen LogP contribution in [0.25, 0.3) is 0 Å². The van der Waals surface area contributed by atoms with E-state index in [4.69, 9.17) is 9.47 Å². The third-order valence-electron chi connectivity index (χ3n) is 4.19. The molecule has 2 bridgehead atoms. The molecule has 3 rings (SSSR count). The number of fused-ring (bicyclic) bond motifs is 1. The van der Waals surface area contributed by atoms with E-state index >= 15 is 0 Å². The summed E-state index contributed by atoms with van der Waals surface area (Å²) in [6.07, 6.45) is 7.89. The second-order valence-corrected chi connectivity index (χ2v) is 5.28. The van der Waals surface area contributed by atoms with Crippen LogP contribution < -0.4 is 0 Å². The second-order valence-electron chi connectivity index (χ2n) is 5.28. The largest absolute Gasteiger partial charge is 0.455 e. The van der Waals surface area contributed by atoms with E-state index in [9.17, 15) is 9.59 Å². The first-order valence-corrected chi connectivity index (χ1v) is 6.30. The quantitative estimate of drug-likeness (QED) is 0.601. The van der Waals surface area contributed by atoms with Gasteiger partial charge in [-0.3, -0.25) is 0 Å². The molecule has 3 atom stereocenters. The minimum atomic E-state index is -0.543. The average molecular weight is 236 g/mol. The van der Waals surface area contributed by atoms with Crippen molar-refractivity contribution in [2.45, 2.75) is 50.2 Å². The maximum atomic E-state index is 11.6. The summed E-state index contributed by atoms with van der Waals surface area (Å²) in [4.78, 5) is 23.1. The molecule has 2 saturated carbocycles. The van der Waals surface area contributed by atoms with E-state index in [1.165, 1.54) is 12.5 Å². The summed E-state index contributed by atoms with van der Waals surface area (Å²) in [5.41, 5.74) is -0.543. The molecule has 0 aromatic heterocycles. The predicted octanol–water partition coefficient (Wildman–Crippen LogP) is 1.73. The highest BCUT2D eigenvalue weighted by Gasteiger charge is 2.51. The summed E-state index contributed by atoms with van der Waals surface area (Å²) in [5, 5.41) is 0. The Balaban J connectivity index is 1.93. The zero-order chi connectivity index (χ0) is 11.9. The van der Waals surface area contributed by atoms with Gasteiger partial charge in [0, 0.05) is 12.2 Å². The van der Waals surface area contributed by atoms with Crippen LogP contribution in [0.5, 0.6) is 0 Å². The smallest absolute Gasteiger partial charge is 0.331 e. The Morgan fingerprint density at radius 2 is 1.94 bits per heavy atom. The van der Waals surface area contributed by atoms with E-state index in [-0.39, 0.29) is 6.10 Å². The fourth-order valence-electron chi connectivity index (χ4n) is 3.45. The Hall–Kier alpha value is -1.32. The second kappa shape index (κ2) is 3.86. The van der Waals surface area contributed by atoms with Crippen LogP contribution in [0.2, 0.25) is 0 Å². The van der Waals surface area contributed by atoms with Gasteiger partial charge in [-0.05, 0) is 38.0 Å². The fraction of sp³-hybridized carbons (Fsp3) is 0.692. The third-order valence-corrected chi connectivity index (χ3v) is 4.19. The Kier molecular flexibility index (Phi) is 2.45. The Morgan fingerprint density at radius 1 is 1.12 bits per heavy atom. The lowest BCUT2D eigenvalue weighted by Crippen LogP contribution is -2.54. The molecule has 0 amide bonds. The van der Waals surface area contributed by atoms with Crippen LogP contribution in [-0.4, -0.2) is 23.6 Å². The molecule has 3 unspecified atom stereocenters. The molecule has 0 aromatic carbocycles. The standard InChI is InChI=1S/C13H16O4/c14-11-5-6-12(15)17-13-7-1-2-9(8-13)3-4-10(13)16-11/h5-6,9-10H,1-4,7-8H2/b6-5+. The van der Waals surface area contributed by atoms with Crippen molar-refractivity contribution >= 4 is 11.9 Å². The first kappa shape index (κ1) is 10.8. The maximum Gasteiger partial charge on any atom is 0.331 e. The zero-order valence-electron chi connectivity index (χ0n) is 9.69. The summed E-state index contributed by atoms with van der Waals surface area (Å²) in [6, 6.07) is 0. The monoisotopic (exact) mass is 236 g/mol. The van der Waals surface area contributed by atoms with Crippen molar-refractivity contribution in [2.24, 2.45) is 5.92 Å². The highest BCUT2D eigenvalue weighted by molar-refractivity contribution is 5.92. The van der Waals surface area contributed by atoms with Crippen LogP contribution in [0.3, 0.4) is 0 Å². The molecular weight excluding hydrogens is 220 g/mol. The molecule has 2 fully saturated rings. The van der Waals surface area contributed by atoms with Gasteiger partial charge < -0.3 is 9.47 Å². The van der Waals surface area contributed by atoms with Gasteiger partial charge in [-0.2, -0.15) is 0 Å². The van der Waals surface area contributed by atoms with Crippen LogP contribution in [0.4, 0.5) is 0 Å². The number of hydrogen-bond donors (Lipinski definition) is 0. The van der Waals surface area contributed by atoms with Crippen LogP contribution >= 0.6 is 0 Å². The molecule has 0 aromatic rings. The molecular formula is C13H16O4. The average Bonchev–Trinajstić information content (AvgIpc) is 2.29. The number of carbonyl (C=O) groups is 2. The van der Waals surface area contributed by atoms with Gasteiger partial charge in [-0.1, -0.05) is 6.42 Å². The van der Waals surface area contributed by atoms with Crippen molar-refractivity contribution in [2.75, 3.05) is 0 Å². The molecule has 0 radical (unpaired) electrons. The normalized spacial score (nSPS) is 42.6. The van der Waals surface area contributed by atoms with Crippen molar-refractivity contribution in [1.82, 2.24) is 0 Å². The number of carbonyl (C=O) groups excluding carboxylic acids is 2. The number of esters is 2. The van der Waals surface area contributed by atoms with Gasteiger partial charge in [0.1, 0.15) is 11.7 Å². The molecule has 92 valence electrons. The lowest BCUT2D eigenvalue weighted by atomic mass is 9.67. The van der Waals surface area contributed by atoms with Gasteiger partial charge in [0.05, 0.1) is 0 Å². The Morgan fingerprint density at radius 3 is 2.82 bits per heavy atom. The molecule has 3 aliphatic rings. The van der Waals surface area contributed by atoms with E-state index in [0.717, 1.165) is 38.2 Å². The van der Waals surface area contributed by atoms with Gasteiger partial charge in [0.2, 0.25) is 0 Å². The van der Waals surface area contributed by atoms with Crippen LogP contribution in [0.1, 0.15) is 38.5 Å². The fourth-order valence-corrected chi connectivity index (χ4v) is 3.45. The lowest BCUT2D eigenvalue weighted by Gasteiger charge is -2.48. The third kappa shape index (κ3) is 1.85. The van der Waals surface area contributed by atoms with Gasteiger partial charge in [-0.15, -0.1) is 0 Å². The number of rotatable bonds is 0. The van der Waals surface area contributed by atoms with Crippen molar-refractivity contribution in [3.8, 4) is 0 Å². The van der Waals surface area contributed by atoms with Crippen molar-refractivity contribution in [1.29, 1.82) is 0 Å². The van der Waals surface area contributed by atoms with Gasteiger partial charge in [-0.25, -0.2) is 9.59 Å². The molecule has 1 aliphatic heterocycles. The van der Waals surface area contributed by atoms with Gasteiger partial charge in [0.15, 0.2) is 0 Å². The summed E-state index contributed by atoms with van der Waals surface area (Å²) < 4.78 is 11.0. The van der Waals surface area contributed by atoms with E-state index in [0.29, 0.717) is 5.92 Å². The van der Waals surface area contributed by atoms with Crippen LogP contribution in [-0.2, 0) is 19.1 Å². The molecule has 17 heavy (non-hydrogen) atoms. The Bertz CT molecular complexity index is 387. The predicted molar refractivity (Wildman–Crippen MR) is 59.0 cm³/mol. The van der Waals surface area contributed by atoms with Crippen molar-refractivity contribution in [3.05, 3.63) is 12.2 Å². The summed E-state index contributed by atoms with van der Waals surface area (Å²) in [5.74, 6) is -0.209. The molecule has 4 nitrogen and oxygen atoms in total. The SMILES string of the molecule is O=C1/C=C/C(=O)OC23CCCC(CCC2O1)C3. The van der Waals surface area contributed by atoms with E-state index < -0.39 is 17.5 Å². The molecule has 0 saturated heterocycles. The summed E-state index contributed by atoms with van der Waals surface area (Å²) >= 11 is 0. The number of hydrogen-bond acceptors (Lipinski definition) is 4. The first-order chi connectivity index (χ1) is 8.18. The lowest BCUT2D eigenvalue weighted by molar-refractivity contribution is -0.200. The molecule has 4 heteroatoms. The van der Waals surface area contributed by atoms with Gasteiger partial charge in [0.25, 0.3) is 0 Å². The summed E-state index contributed by atoms with van der Waals surface area (Å²) in [7, 11) is 0. The first-order valence-electron chi connectivity index (χ1n) is 6.30. The highest BCUT2D eigenvalue weighted by atomic mass is 16.6. The molecule has 1 heterocycles. The highest BCUT2D eigenvalue weighted by Crippen LogP contribution is 2.46. The molecule has 1 spiro atoms. The van der Waals surface area contributed by atoms with Gasteiger partial charge >= 0.3 is 11.9 Å². The van der Waals surface area contributed by atoms with E-state index in [1.807, 2.05) is 0 Å². The Labute approximate surface area is 100.0 Å². The minimum Gasteiger partial charge on any atom is -0.455 e. The van der Waals surface area contributed by atoms with Crippen molar-refractivity contribution in [3.63, 3.8) is 0 Å².